The molecule has 1 saturated heterocycles. The summed E-state index contributed by atoms with van der Waals surface area (Å²) in [6.45, 7) is 0. The summed E-state index contributed by atoms with van der Waals surface area (Å²) >= 11 is 0. The third-order valence-electron chi connectivity index (χ3n) is 8.18. The predicted molar refractivity (Wildman–Crippen MR) is 160 cm³/mol. The molecule has 5 nitrogen and oxygen atoms in total. The highest BCUT2D eigenvalue weighted by Gasteiger charge is 2.73. The van der Waals surface area contributed by atoms with Gasteiger partial charge in [-0.05, 0) is 28.8 Å². The van der Waals surface area contributed by atoms with Crippen LogP contribution in [-0.4, -0.2) is 17.7 Å². The Morgan fingerprint density at radius 1 is 0.500 bits per heavy atom. The van der Waals surface area contributed by atoms with Crippen molar-refractivity contribution in [3.8, 4) is 0 Å². The minimum atomic E-state index is -1.81. The first kappa shape index (κ1) is 25.4. The van der Waals surface area contributed by atoms with E-state index in [-0.39, 0.29) is 11.5 Å². The lowest BCUT2D eigenvalue weighted by Crippen LogP contribution is -2.64. The molecule has 1 atom stereocenters. The standard InChI is InChI=1S/C37H25NO4/c39-33-31-32(26-16-6-1-7-17-26)38(30-24-14-5-15-25-30)35(41)36(27-18-8-2-9-19-27,28-20-10-3-11-21-28)37(31,42-34(33)40)29-22-12-4-13-23-29/h1-25H/t37-/m0/s1. The van der Waals surface area contributed by atoms with Crippen molar-refractivity contribution in [2.45, 2.75) is 11.0 Å². The second-order valence-corrected chi connectivity index (χ2v) is 10.3. The summed E-state index contributed by atoms with van der Waals surface area (Å²) in [7, 11) is 0. The number of fused-ring (bicyclic) bond motifs is 1. The Labute approximate surface area is 243 Å². The highest BCUT2D eigenvalue weighted by molar-refractivity contribution is 6.47. The van der Waals surface area contributed by atoms with E-state index in [9.17, 15) is 9.59 Å². The van der Waals surface area contributed by atoms with Crippen LogP contribution in [0.5, 0.6) is 0 Å². The fourth-order valence-corrected chi connectivity index (χ4v) is 6.55. The van der Waals surface area contributed by atoms with E-state index in [0.29, 0.717) is 33.6 Å². The number of anilines is 1. The van der Waals surface area contributed by atoms with Crippen molar-refractivity contribution in [1.29, 1.82) is 0 Å². The zero-order valence-corrected chi connectivity index (χ0v) is 22.5. The largest absolute Gasteiger partial charge is 0.441 e. The van der Waals surface area contributed by atoms with E-state index in [4.69, 9.17) is 4.74 Å². The topological polar surface area (TPSA) is 63.7 Å². The molecule has 1 amide bonds. The van der Waals surface area contributed by atoms with Crippen molar-refractivity contribution in [2.75, 3.05) is 4.90 Å². The smallest absolute Gasteiger partial charge is 0.380 e. The number of amides is 1. The maximum atomic E-state index is 15.8. The molecule has 0 saturated carbocycles. The van der Waals surface area contributed by atoms with Gasteiger partial charge in [0.1, 0.15) is 5.41 Å². The molecule has 0 radical (unpaired) electrons. The lowest BCUT2D eigenvalue weighted by Gasteiger charge is -2.53. The van der Waals surface area contributed by atoms with E-state index in [0.717, 1.165) is 0 Å². The van der Waals surface area contributed by atoms with E-state index in [2.05, 4.69) is 0 Å². The quantitative estimate of drug-likeness (QED) is 0.187. The molecule has 2 heterocycles. The van der Waals surface area contributed by atoms with Crippen LogP contribution in [0.15, 0.2) is 157 Å². The van der Waals surface area contributed by atoms with Gasteiger partial charge in [0.15, 0.2) is 5.60 Å². The molecular weight excluding hydrogens is 522 g/mol. The van der Waals surface area contributed by atoms with Crippen molar-refractivity contribution >= 4 is 29.0 Å². The lowest BCUT2D eigenvalue weighted by atomic mass is 9.55. The predicted octanol–water partition coefficient (Wildman–Crippen LogP) is 6.45. The van der Waals surface area contributed by atoms with Gasteiger partial charge in [-0.25, -0.2) is 4.79 Å². The molecule has 1 fully saturated rings. The van der Waals surface area contributed by atoms with E-state index < -0.39 is 22.8 Å². The zero-order chi connectivity index (χ0) is 28.7. The summed E-state index contributed by atoms with van der Waals surface area (Å²) in [5.41, 5.74) is -0.112. The number of rotatable bonds is 5. The molecule has 0 spiro atoms. The van der Waals surface area contributed by atoms with Gasteiger partial charge in [0.05, 0.1) is 11.3 Å². The number of carbonyl (C=O) groups excluding carboxylic acids is 3. The van der Waals surface area contributed by atoms with Gasteiger partial charge < -0.3 is 4.74 Å². The molecule has 0 unspecified atom stereocenters. The number of nitrogens with zero attached hydrogens (tertiary/aromatic N) is 1. The lowest BCUT2D eigenvalue weighted by molar-refractivity contribution is -0.159. The molecule has 42 heavy (non-hydrogen) atoms. The SMILES string of the molecule is O=C1O[C@@]2(c3ccccc3)C(=C(c3ccccc3)N(c3ccccc3)C(=O)C2(c2ccccc2)c2ccccc2)C1=O. The molecule has 0 aromatic heterocycles. The van der Waals surface area contributed by atoms with Crippen LogP contribution in [0.3, 0.4) is 0 Å². The van der Waals surface area contributed by atoms with E-state index in [1.807, 2.05) is 152 Å². The van der Waals surface area contributed by atoms with Crippen LogP contribution in [-0.2, 0) is 30.1 Å². The summed E-state index contributed by atoms with van der Waals surface area (Å²) < 4.78 is 6.39. The summed E-state index contributed by atoms with van der Waals surface area (Å²) in [5.74, 6) is -2.12. The van der Waals surface area contributed by atoms with Crippen LogP contribution in [0.2, 0.25) is 0 Å². The van der Waals surface area contributed by atoms with Crippen LogP contribution < -0.4 is 4.90 Å². The van der Waals surface area contributed by atoms with Gasteiger partial charge in [-0.3, -0.25) is 14.5 Å². The molecule has 202 valence electrons. The van der Waals surface area contributed by atoms with Gasteiger partial charge in [0.2, 0.25) is 0 Å². The molecule has 0 aliphatic carbocycles. The number of ketones is 1. The van der Waals surface area contributed by atoms with Gasteiger partial charge in [0, 0.05) is 11.3 Å². The Kier molecular flexibility index (Phi) is 5.94. The second kappa shape index (κ2) is 9.82. The Balaban J connectivity index is 1.76. The molecule has 0 N–H and O–H groups in total. The number of carbonyl (C=O) groups is 3. The van der Waals surface area contributed by atoms with Crippen LogP contribution in [0.4, 0.5) is 5.69 Å². The summed E-state index contributed by atoms with van der Waals surface area (Å²) in [6, 6.07) is 46.2. The summed E-state index contributed by atoms with van der Waals surface area (Å²) in [4.78, 5) is 45.3. The zero-order valence-electron chi connectivity index (χ0n) is 22.5. The number of hydrogen-bond acceptors (Lipinski definition) is 4. The number of benzene rings is 5. The number of ether oxygens (including phenoxy) is 1. The fraction of sp³-hybridized carbons (Fsp3) is 0.0541. The highest BCUT2D eigenvalue weighted by Crippen LogP contribution is 2.62. The fourth-order valence-electron chi connectivity index (χ4n) is 6.55. The number of esters is 1. The normalized spacial score (nSPS) is 19.4. The molecule has 7 rings (SSSR count). The van der Waals surface area contributed by atoms with Crippen molar-refractivity contribution in [1.82, 2.24) is 0 Å². The maximum Gasteiger partial charge on any atom is 0.380 e. The highest BCUT2D eigenvalue weighted by atomic mass is 16.6. The van der Waals surface area contributed by atoms with E-state index in [1.54, 1.807) is 4.90 Å². The maximum absolute atomic E-state index is 15.8. The Bertz CT molecular complexity index is 1800. The van der Waals surface area contributed by atoms with E-state index in [1.165, 1.54) is 0 Å². The summed E-state index contributed by atoms with van der Waals surface area (Å²) in [6.07, 6.45) is 0. The molecule has 2 aliphatic rings. The number of para-hydroxylation sites is 1. The number of Topliss-reactive ketones (excluding diaryl/α,β-unsaturated/α-hetero) is 1. The van der Waals surface area contributed by atoms with Crippen molar-refractivity contribution < 1.29 is 19.1 Å². The monoisotopic (exact) mass is 547 g/mol. The first-order chi connectivity index (χ1) is 20.6. The first-order valence-electron chi connectivity index (χ1n) is 13.7. The minimum Gasteiger partial charge on any atom is -0.441 e. The van der Waals surface area contributed by atoms with E-state index >= 15 is 4.79 Å². The van der Waals surface area contributed by atoms with Crippen LogP contribution >= 0.6 is 0 Å². The molecule has 0 bridgehead atoms. The molecule has 2 aliphatic heterocycles. The Hall–Kier alpha value is -5.55. The van der Waals surface area contributed by atoms with Gasteiger partial charge in [-0.2, -0.15) is 0 Å². The third-order valence-corrected chi connectivity index (χ3v) is 8.18. The first-order valence-corrected chi connectivity index (χ1v) is 13.7. The van der Waals surface area contributed by atoms with Crippen molar-refractivity contribution in [2.24, 2.45) is 0 Å². The van der Waals surface area contributed by atoms with Crippen LogP contribution in [0, 0.1) is 0 Å². The van der Waals surface area contributed by atoms with Crippen LogP contribution in [0.1, 0.15) is 22.3 Å². The average Bonchev–Trinajstić information content (AvgIpc) is 3.33. The molecular formula is C37H25NO4. The molecule has 5 aromatic rings. The van der Waals surface area contributed by atoms with Crippen LogP contribution in [0.25, 0.3) is 5.70 Å². The second-order valence-electron chi connectivity index (χ2n) is 10.3. The van der Waals surface area contributed by atoms with Gasteiger partial charge in [0.25, 0.3) is 11.7 Å². The Morgan fingerprint density at radius 3 is 1.43 bits per heavy atom. The van der Waals surface area contributed by atoms with Gasteiger partial charge in [-0.1, -0.05) is 140 Å². The minimum absolute atomic E-state index is 0.126. The average molecular weight is 548 g/mol. The molecule has 5 aromatic carbocycles. The summed E-state index contributed by atoms with van der Waals surface area (Å²) in [5, 5.41) is 0. The molecule has 5 heteroatoms. The van der Waals surface area contributed by atoms with Gasteiger partial charge in [-0.15, -0.1) is 0 Å². The van der Waals surface area contributed by atoms with Gasteiger partial charge >= 0.3 is 5.97 Å². The van der Waals surface area contributed by atoms with Crippen molar-refractivity contribution in [3.63, 3.8) is 0 Å². The number of hydrogen-bond donors (Lipinski definition) is 0. The van der Waals surface area contributed by atoms with Crippen molar-refractivity contribution in [3.05, 3.63) is 179 Å². The Morgan fingerprint density at radius 2 is 0.929 bits per heavy atom. The third kappa shape index (κ3) is 3.40.